The van der Waals surface area contributed by atoms with Gasteiger partial charge in [-0.05, 0) is 44.4 Å². The van der Waals surface area contributed by atoms with Gasteiger partial charge in [-0.3, -0.25) is 4.79 Å². The molecule has 1 aromatic carbocycles. The van der Waals surface area contributed by atoms with Gasteiger partial charge >= 0.3 is 0 Å². The molecule has 1 aliphatic carbocycles. The molecule has 1 saturated heterocycles. The zero-order valence-corrected chi connectivity index (χ0v) is 12.9. The maximum absolute atomic E-state index is 14.5. The Bertz CT molecular complexity index is 589. The van der Waals surface area contributed by atoms with E-state index in [0.717, 1.165) is 62.9 Å². The molecular weight excluding hydrogens is 279 g/mol. The van der Waals surface area contributed by atoms with E-state index in [1.807, 2.05) is 11.0 Å². The molecule has 1 aromatic rings. The fourth-order valence-corrected chi connectivity index (χ4v) is 4.67. The Hall–Kier alpha value is -1.42. The van der Waals surface area contributed by atoms with Crippen molar-refractivity contribution in [2.75, 3.05) is 24.5 Å². The van der Waals surface area contributed by atoms with Crippen LogP contribution >= 0.6 is 0 Å². The Morgan fingerprint density at radius 1 is 1.27 bits per heavy atom. The first-order valence-corrected chi connectivity index (χ1v) is 8.52. The molecule has 1 saturated carbocycles. The topological polar surface area (TPSA) is 32.3 Å². The Balaban J connectivity index is 1.70. The van der Waals surface area contributed by atoms with Gasteiger partial charge in [-0.15, -0.1) is 0 Å². The number of fused-ring (bicyclic) bond motifs is 2. The SMILES string of the molecule is O=C(C1CCCNC1)N1CC2(CCCC2)c2c(F)cccc21. The van der Waals surface area contributed by atoms with Crippen molar-refractivity contribution in [1.82, 2.24) is 5.32 Å². The zero-order valence-electron chi connectivity index (χ0n) is 12.9. The first-order chi connectivity index (χ1) is 10.7. The minimum Gasteiger partial charge on any atom is -0.316 e. The van der Waals surface area contributed by atoms with Crippen LogP contribution < -0.4 is 10.2 Å². The molecule has 4 rings (SSSR count). The highest BCUT2D eigenvalue weighted by Crippen LogP contribution is 2.51. The van der Waals surface area contributed by atoms with Crippen molar-refractivity contribution in [1.29, 1.82) is 0 Å². The lowest BCUT2D eigenvalue weighted by Crippen LogP contribution is -2.44. The summed E-state index contributed by atoms with van der Waals surface area (Å²) in [6.45, 7) is 2.44. The van der Waals surface area contributed by atoms with E-state index in [-0.39, 0.29) is 23.1 Å². The number of piperidine rings is 1. The second-order valence-corrected chi connectivity index (χ2v) is 7.09. The number of hydrogen-bond acceptors (Lipinski definition) is 2. The number of hydrogen-bond donors (Lipinski definition) is 1. The zero-order chi connectivity index (χ0) is 15.2. The van der Waals surface area contributed by atoms with Gasteiger partial charge in [-0.25, -0.2) is 4.39 Å². The van der Waals surface area contributed by atoms with E-state index in [9.17, 15) is 9.18 Å². The van der Waals surface area contributed by atoms with Crippen molar-refractivity contribution in [3.05, 3.63) is 29.6 Å². The highest BCUT2D eigenvalue weighted by atomic mass is 19.1. The van der Waals surface area contributed by atoms with Gasteiger partial charge in [-0.1, -0.05) is 18.9 Å². The van der Waals surface area contributed by atoms with Gasteiger partial charge in [0.1, 0.15) is 5.82 Å². The Morgan fingerprint density at radius 3 is 2.82 bits per heavy atom. The molecule has 3 aliphatic rings. The summed E-state index contributed by atoms with van der Waals surface area (Å²) in [5, 5.41) is 3.31. The number of amides is 1. The number of carbonyl (C=O) groups excluding carboxylic acids is 1. The van der Waals surface area contributed by atoms with Crippen LogP contribution in [0.5, 0.6) is 0 Å². The molecule has 118 valence electrons. The summed E-state index contributed by atoms with van der Waals surface area (Å²) < 4.78 is 14.5. The maximum Gasteiger partial charge on any atom is 0.231 e. The van der Waals surface area contributed by atoms with E-state index in [1.54, 1.807) is 12.1 Å². The number of nitrogens with zero attached hydrogens (tertiary/aromatic N) is 1. The van der Waals surface area contributed by atoms with Crippen LogP contribution in [0.1, 0.15) is 44.1 Å². The molecule has 0 aromatic heterocycles. The summed E-state index contributed by atoms with van der Waals surface area (Å²) in [5.74, 6) is 0.0979. The van der Waals surface area contributed by atoms with Gasteiger partial charge in [-0.2, -0.15) is 0 Å². The first kappa shape index (κ1) is 14.2. The van der Waals surface area contributed by atoms with Gasteiger partial charge in [0.25, 0.3) is 0 Å². The van der Waals surface area contributed by atoms with Crippen molar-refractivity contribution in [3.8, 4) is 0 Å². The number of benzene rings is 1. The number of rotatable bonds is 1. The van der Waals surface area contributed by atoms with E-state index in [4.69, 9.17) is 0 Å². The normalized spacial score (nSPS) is 26.4. The van der Waals surface area contributed by atoms with E-state index in [2.05, 4.69) is 5.32 Å². The molecular formula is C18H23FN2O. The molecule has 1 amide bonds. The summed E-state index contributed by atoms with van der Waals surface area (Å²) in [6.07, 6.45) is 6.29. The van der Waals surface area contributed by atoms with Gasteiger partial charge in [0.05, 0.1) is 11.6 Å². The third kappa shape index (κ3) is 2.08. The van der Waals surface area contributed by atoms with Crippen LogP contribution in [0.4, 0.5) is 10.1 Å². The van der Waals surface area contributed by atoms with Crippen LogP contribution in [-0.4, -0.2) is 25.5 Å². The van der Waals surface area contributed by atoms with E-state index in [1.165, 1.54) is 0 Å². The van der Waals surface area contributed by atoms with Crippen LogP contribution in [0.25, 0.3) is 0 Å². The average molecular weight is 302 g/mol. The largest absolute Gasteiger partial charge is 0.316 e. The molecule has 2 heterocycles. The minimum absolute atomic E-state index is 0.0430. The summed E-state index contributed by atoms with van der Waals surface area (Å²) >= 11 is 0. The summed E-state index contributed by atoms with van der Waals surface area (Å²) in [4.78, 5) is 14.9. The summed E-state index contributed by atoms with van der Waals surface area (Å²) in [5.41, 5.74) is 1.51. The third-order valence-corrected chi connectivity index (χ3v) is 5.75. The van der Waals surface area contributed by atoms with E-state index < -0.39 is 0 Å². The standard InChI is InChI=1S/C18H23FN2O/c19-14-6-3-7-15-16(14)18(8-1-2-9-18)12-21(15)17(22)13-5-4-10-20-11-13/h3,6-7,13,20H,1-2,4-5,8-12H2. The molecule has 2 aliphatic heterocycles. The third-order valence-electron chi connectivity index (χ3n) is 5.75. The molecule has 4 heteroatoms. The highest BCUT2D eigenvalue weighted by Gasteiger charge is 2.48. The van der Waals surface area contributed by atoms with E-state index >= 15 is 0 Å². The van der Waals surface area contributed by atoms with E-state index in [0.29, 0.717) is 6.54 Å². The molecule has 1 unspecified atom stereocenters. The molecule has 1 N–H and O–H groups in total. The second-order valence-electron chi connectivity index (χ2n) is 7.09. The Morgan fingerprint density at radius 2 is 2.09 bits per heavy atom. The molecule has 2 fully saturated rings. The monoisotopic (exact) mass is 302 g/mol. The minimum atomic E-state index is -0.128. The first-order valence-electron chi connectivity index (χ1n) is 8.52. The quantitative estimate of drug-likeness (QED) is 0.865. The number of nitrogens with one attached hydrogen (secondary N) is 1. The van der Waals surface area contributed by atoms with Crippen LogP contribution in [-0.2, 0) is 10.2 Å². The molecule has 0 bridgehead atoms. The van der Waals surface area contributed by atoms with Gasteiger partial charge in [0.15, 0.2) is 0 Å². The molecule has 22 heavy (non-hydrogen) atoms. The second kappa shape index (κ2) is 5.34. The van der Waals surface area contributed by atoms with Crippen molar-refractivity contribution in [2.45, 2.75) is 43.9 Å². The van der Waals surface area contributed by atoms with Crippen LogP contribution in [0.2, 0.25) is 0 Å². The molecule has 0 radical (unpaired) electrons. The average Bonchev–Trinajstić information content (AvgIpc) is 3.15. The van der Waals surface area contributed by atoms with Crippen molar-refractivity contribution >= 4 is 11.6 Å². The predicted octanol–water partition coefficient (Wildman–Crippen LogP) is 2.98. The Labute approximate surface area is 130 Å². The lowest BCUT2D eigenvalue weighted by molar-refractivity contribution is -0.122. The maximum atomic E-state index is 14.5. The van der Waals surface area contributed by atoms with Crippen molar-refractivity contribution in [3.63, 3.8) is 0 Å². The smallest absolute Gasteiger partial charge is 0.231 e. The lowest BCUT2D eigenvalue weighted by atomic mass is 9.80. The molecule has 3 nitrogen and oxygen atoms in total. The summed E-state index contributed by atoms with van der Waals surface area (Å²) in [7, 11) is 0. The van der Waals surface area contributed by atoms with Crippen molar-refractivity contribution in [2.24, 2.45) is 5.92 Å². The molecule has 1 spiro atoms. The van der Waals surface area contributed by atoms with Gasteiger partial charge < -0.3 is 10.2 Å². The highest BCUT2D eigenvalue weighted by molar-refractivity contribution is 5.98. The fraction of sp³-hybridized carbons (Fsp3) is 0.611. The van der Waals surface area contributed by atoms with Crippen LogP contribution in [0, 0.1) is 11.7 Å². The van der Waals surface area contributed by atoms with Gasteiger partial charge in [0.2, 0.25) is 5.91 Å². The molecule has 1 atom stereocenters. The number of halogens is 1. The number of anilines is 1. The summed E-state index contributed by atoms with van der Waals surface area (Å²) in [6, 6.07) is 5.22. The van der Waals surface area contributed by atoms with Crippen LogP contribution in [0.15, 0.2) is 18.2 Å². The fourth-order valence-electron chi connectivity index (χ4n) is 4.67. The Kier molecular flexibility index (Phi) is 3.44. The number of carbonyl (C=O) groups is 1. The predicted molar refractivity (Wildman–Crippen MR) is 84.5 cm³/mol. The van der Waals surface area contributed by atoms with Gasteiger partial charge in [0, 0.05) is 24.1 Å². The van der Waals surface area contributed by atoms with Crippen LogP contribution in [0.3, 0.4) is 0 Å². The van der Waals surface area contributed by atoms with Crippen molar-refractivity contribution < 1.29 is 9.18 Å². The lowest BCUT2D eigenvalue weighted by Gasteiger charge is -2.29.